The fourth-order valence-corrected chi connectivity index (χ4v) is 2.46. The highest BCUT2D eigenvalue weighted by atomic mass is 16.5. The first-order chi connectivity index (χ1) is 8.81. The Morgan fingerprint density at radius 1 is 1.44 bits per heavy atom. The van der Waals surface area contributed by atoms with E-state index in [4.69, 9.17) is 4.74 Å². The lowest BCUT2D eigenvalue weighted by atomic mass is 10.3. The van der Waals surface area contributed by atoms with Crippen LogP contribution in [-0.2, 0) is 4.74 Å². The molecule has 18 heavy (non-hydrogen) atoms. The Morgan fingerprint density at radius 2 is 2.22 bits per heavy atom. The second-order valence-electron chi connectivity index (χ2n) is 4.94. The average Bonchev–Trinajstić information content (AvgIpc) is 3.00. The summed E-state index contributed by atoms with van der Waals surface area (Å²) < 4.78 is 7.32. The lowest BCUT2D eigenvalue weighted by Crippen LogP contribution is -2.27. The van der Waals surface area contributed by atoms with Crippen LogP contribution in [0, 0.1) is 0 Å². The molecule has 1 aromatic heterocycles. The summed E-state index contributed by atoms with van der Waals surface area (Å²) in [4.78, 5) is 6.86. The van der Waals surface area contributed by atoms with Crippen molar-refractivity contribution in [2.75, 3.05) is 45.2 Å². The summed E-state index contributed by atoms with van der Waals surface area (Å²) >= 11 is 0. The minimum absolute atomic E-state index is 0.312. The van der Waals surface area contributed by atoms with E-state index in [1.165, 1.54) is 25.9 Å². The number of nitrogens with one attached hydrogen (secondary N) is 1. The first-order valence-electron chi connectivity index (χ1n) is 6.79. The molecule has 1 aliphatic rings. The summed E-state index contributed by atoms with van der Waals surface area (Å²) in [7, 11) is 1.73. The number of imidazole rings is 1. The zero-order chi connectivity index (χ0) is 12.8. The molecule has 1 unspecified atom stereocenters. The molecule has 0 radical (unpaired) electrons. The predicted octanol–water partition coefficient (Wildman–Crippen LogP) is 1.60. The van der Waals surface area contributed by atoms with Gasteiger partial charge in [-0.05, 0) is 32.9 Å². The van der Waals surface area contributed by atoms with Crippen molar-refractivity contribution in [2.24, 2.45) is 0 Å². The number of nitrogens with zero attached hydrogens (tertiary/aromatic N) is 3. The smallest absolute Gasteiger partial charge is 0.203 e. The molecule has 1 aliphatic heterocycles. The maximum atomic E-state index is 5.18. The molecular formula is C13H24N4O. The third-order valence-electron chi connectivity index (χ3n) is 3.46. The van der Waals surface area contributed by atoms with Crippen LogP contribution >= 0.6 is 0 Å². The van der Waals surface area contributed by atoms with Gasteiger partial charge in [0.1, 0.15) is 0 Å². The van der Waals surface area contributed by atoms with Crippen molar-refractivity contribution in [3.05, 3.63) is 12.4 Å². The highest BCUT2D eigenvalue weighted by molar-refractivity contribution is 5.26. The van der Waals surface area contributed by atoms with Gasteiger partial charge in [-0.3, -0.25) is 0 Å². The van der Waals surface area contributed by atoms with E-state index < -0.39 is 0 Å². The molecule has 0 spiro atoms. The lowest BCUT2D eigenvalue weighted by Gasteiger charge is -2.18. The maximum absolute atomic E-state index is 5.18. The molecule has 1 aromatic rings. The zero-order valence-corrected chi connectivity index (χ0v) is 11.4. The van der Waals surface area contributed by atoms with E-state index in [-0.39, 0.29) is 0 Å². The molecule has 0 bridgehead atoms. The molecule has 1 saturated heterocycles. The van der Waals surface area contributed by atoms with Crippen LogP contribution in [-0.4, -0.2) is 54.3 Å². The van der Waals surface area contributed by atoms with Crippen LogP contribution in [0.4, 0.5) is 5.95 Å². The summed E-state index contributed by atoms with van der Waals surface area (Å²) in [6.07, 6.45) is 6.53. The largest absolute Gasteiger partial charge is 0.383 e. The summed E-state index contributed by atoms with van der Waals surface area (Å²) in [5.41, 5.74) is 0. The minimum atomic E-state index is 0.312. The van der Waals surface area contributed by atoms with E-state index in [1.807, 2.05) is 12.4 Å². The molecule has 0 saturated carbocycles. The summed E-state index contributed by atoms with van der Waals surface area (Å²) in [5.74, 6) is 0.943. The van der Waals surface area contributed by atoms with Gasteiger partial charge in [0.15, 0.2) is 0 Å². The predicted molar refractivity (Wildman–Crippen MR) is 73.0 cm³/mol. The number of hydrogen-bond donors (Lipinski definition) is 1. The first kappa shape index (κ1) is 13.4. The van der Waals surface area contributed by atoms with Gasteiger partial charge >= 0.3 is 0 Å². The normalized spacial score (nSPS) is 18.1. The van der Waals surface area contributed by atoms with Crippen LogP contribution in [0.15, 0.2) is 12.4 Å². The van der Waals surface area contributed by atoms with Crippen LogP contribution < -0.4 is 5.32 Å². The Bertz CT molecular complexity index is 347. The van der Waals surface area contributed by atoms with Gasteiger partial charge in [0.05, 0.1) is 12.6 Å². The summed E-state index contributed by atoms with van der Waals surface area (Å²) in [5, 5.41) is 3.41. The number of hydrogen-bond acceptors (Lipinski definition) is 4. The fraction of sp³-hybridized carbons (Fsp3) is 0.769. The third-order valence-corrected chi connectivity index (χ3v) is 3.46. The number of ether oxygens (including phenoxy) is 1. The molecule has 1 fully saturated rings. The molecule has 102 valence electrons. The van der Waals surface area contributed by atoms with E-state index in [0.717, 1.165) is 19.0 Å². The number of methoxy groups -OCH3 is 1. The molecule has 5 nitrogen and oxygen atoms in total. The van der Waals surface area contributed by atoms with Gasteiger partial charge in [0.2, 0.25) is 5.95 Å². The number of aromatic nitrogens is 2. The molecule has 0 aliphatic carbocycles. The fourth-order valence-electron chi connectivity index (χ4n) is 2.46. The Morgan fingerprint density at radius 3 is 2.94 bits per heavy atom. The van der Waals surface area contributed by atoms with Crippen LogP contribution in [0.2, 0.25) is 0 Å². The van der Waals surface area contributed by atoms with Crippen LogP contribution in [0.25, 0.3) is 0 Å². The molecule has 1 N–H and O–H groups in total. The van der Waals surface area contributed by atoms with Crippen molar-refractivity contribution >= 4 is 5.95 Å². The summed E-state index contributed by atoms with van der Waals surface area (Å²) in [6, 6.07) is 0.312. The number of likely N-dealkylation sites (tertiary alicyclic amines) is 1. The van der Waals surface area contributed by atoms with E-state index in [2.05, 4.69) is 26.7 Å². The van der Waals surface area contributed by atoms with Crippen LogP contribution in [0.5, 0.6) is 0 Å². The molecule has 5 heteroatoms. The van der Waals surface area contributed by atoms with Crippen molar-refractivity contribution in [3.8, 4) is 0 Å². The Labute approximate surface area is 109 Å². The number of anilines is 1. The molecule has 1 atom stereocenters. The van der Waals surface area contributed by atoms with E-state index in [9.17, 15) is 0 Å². The highest BCUT2D eigenvalue weighted by Crippen LogP contribution is 2.13. The lowest BCUT2D eigenvalue weighted by molar-refractivity contribution is 0.163. The number of rotatable bonds is 7. The van der Waals surface area contributed by atoms with E-state index >= 15 is 0 Å². The quantitative estimate of drug-likeness (QED) is 0.800. The van der Waals surface area contributed by atoms with Gasteiger partial charge in [0, 0.05) is 32.6 Å². The SMILES string of the molecule is COCC(C)n1ccnc1NCCN1CCCC1. The van der Waals surface area contributed by atoms with Crippen molar-refractivity contribution in [1.82, 2.24) is 14.5 Å². The standard InChI is InChI=1S/C13H24N4O/c1-12(11-18-2)17-10-6-15-13(17)14-5-9-16-7-3-4-8-16/h6,10,12H,3-5,7-9,11H2,1-2H3,(H,14,15). The van der Waals surface area contributed by atoms with Crippen molar-refractivity contribution in [1.29, 1.82) is 0 Å². The topological polar surface area (TPSA) is 42.3 Å². The second-order valence-corrected chi connectivity index (χ2v) is 4.94. The Kier molecular flexibility index (Phi) is 5.01. The van der Waals surface area contributed by atoms with Gasteiger partial charge in [-0.1, -0.05) is 0 Å². The molecule has 0 aromatic carbocycles. The van der Waals surface area contributed by atoms with E-state index in [0.29, 0.717) is 12.6 Å². The van der Waals surface area contributed by atoms with Gasteiger partial charge in [0.25, 0.3) is 0 Å². The van der Waals surface area contributed by atoms with Crippen molar-refractivity contribution in [3.63, 3.8) is 0 Å². The van der Waals surface area contributed by atoms with Crippen LogP contribution in [0.1, 0.15) is 25.8 Å². The highest BCUT2D eigenvalue weighted by Gasteiger charge is 2.12. The first-order valence-corrected chi connectivity index (χ1v) is 6.79. The third kappa shape index (κ3) is 3.46. The maximum Gasteiger partial charge on any atom is 0.203 e. The van der Waals surface area contributed by atoms with Crippen LogP contribution in [0.3, 0.4) is 0 Å². The van der Waals surface area contributed by atoms with Gasteiger partial charge in [-0.25, -0.2) is 4.98 Å². The monoisotopic (exact) mass is 252 g/mol. The Hall–Kier alpha value is -1.07. The average molecular weight is 252 g/mol. The molecule has 2 rings (SSSR count). The second kappa shape index (κ2) is 6.75. The molecule has 2 heterocycles. The van der Waals surface area contributed by atoms with Crippen molar-refractivity contribution in [2.45, 2.75) is 25.8 Å². The summed E-state index contributed by atoms with van der Waals surface area (Å²) in [6.45, 7) is 7.39. The van der Waals surface area contributed by atoms with Gasteiger partial charge in [-0.2, -0.15) is 0 Å². The molecular weight excluding hydrogens is 228 g/mol. The van der Waals surface area contributed by atoms with E-state index in [1.54, 1.807) is 7.11 Å². The van der Waals surface area contributed by atoms with Crippen molar-refractivity contribution < 1.29 is 4.74 Å². The minimum Gasteiger partial charge on any atom is -0.383 e. The van der Waals surface area contributed by atoms with Gasteiger partial charge in [-0.15, -0.1) is 0 Å². The molecule has 0 amide bonds. The Balaban J connectivity index is 1.79. The zero-order valence-electron chi connectivity index (χ0n) is 11.4. The van der Waals surface area contributed by atoms with Gasteiger partial charge < -0.3 is 19.5 Å².